The van der Waals surface area contributed by atoms with Crippen LogP contribution in [0, 0.1) is 13.8 Å². The fourth-order valence-electron chi connectivity index (χ4n) is 4.06. The van der Waals surface area contributed by atoms with Crippen molar-refractivity contribution in [2.45, 2.75) is 33.0 Å². The molecule has 0 aliphatic heterocycles. The SMILES string of the molecule is Cc1ccc(N(C(=O)Cn2nnc3ccccc32)[C@@H](C(=O)NCc2ccco2)c2ccco2)cc1C. The highest BCUT2D eigenvalue weighted by molar-refractivity contribution is 6.01. The van der Waals surface area contributed by atoms with Crippen LogP contribution in [0.2, 0.25) is 0 Å². The van der Waals surface area contributed by atoms with Crippen LogP contribution in [0.1, 0.15) is 28.7 Å². The Balaban J connectivity index is 1.54. The van der Waals surface area contributed by atoms with Gasteiger partial charge in [-0.05, 0) is 73.5 Å². The molecule has 5 aromatic rings. The van der Waals surface area contributed by atoms with E-state index >= 15 is 0 Å². The molecule has 0 bridgehead atoms. The van der Waals surface area contributed by atoms with Crippen LogP contribution >= 0.6 is 0 Å². The lowest BCUT2D eigenvalue weighted by atomic mass is 10.1. The Kier molecular flexibility index (Phi) is 6.36. The van der Waals surface area contributed by atoms with Crippen molar-refractivity contribution in [3.05, 3.63) is 102 Å². The molecule has 182 valence electrons. The van der Waals surface area contributed by atoms with E-state index in [-0.39, 0.29) is 19.0 Å². The predicted molar refractivity (Wildman–Crippen MR) is 133 cm³/mol. The number of amides is 2. The Hall–Kier alpha value is -4.66. The van der Waals surface area contributed by atoms with Gasteiger partial charge in [0.2, 0.25) is 5.91 Å². The van der Waals surface area contributed by atoms with E-state index in [1.54, 1.807) is 30.5 Å². The number of carbonyl (C=O) groups excluding carboxylic acids is 2. The fraction of sp³-hybridized carbons (Fsp3) is 0.185. The zero-order valence-electron chi connectivity index (χ0n) is 19.9. The number of para-hydroxylation sites is 1. The lowest BCUT2D eigenvalue weighted by Gasteiger charge is -2.30. The molecule has 9 heteroatoms. The number of nitrogens with zero attached hydrogens (tertiary/aromatic N) is 4. The third kappa shape index (κ3) is 4.63. The van der Waals surface area contributed by atoms with Gasteiger partial charge in [-0.25, -0.2) is 4.68 Å². The molecular weight excluding hydrogens is 458 g/mol. The minimum absolute atomic E-state index is 0.115. The maximum absolute atomic E-state index is 13.9. The second kappa shape index (κ2) is 9.91. The summed E-state index contributed by atoms with van der Waals surface area (Å²) in [5.74, 6) is 0.182. The third-order valence-corrected chi connectivity index (χ3v) is 6.08. The third-order valence-electron chi connectivity index (χ3n) is 6.08. The molecule has 0 saturated heterocycles. The first-order chi connectivity index (χ1) is 17.5. The number of aromatic nitrogens is 3. The maximum atomic E-state index is 13.9. The summed E-state index contributed by atoms with van der Waals surface area (Å²) in [5, 5.41) is 11.2. The van der Waals surface area contributed by atoms with Crippen LogP contribution in [0.3, 0.4) is 0 Å². The molecule has 0 radical (unpaired) electrons. The average Bonchev–Trinajstić information content (AvgIpc) is 3.66. The number of hydrogen-bond donors (Lipinski definition) is 1. The minimum Gasteiger partial charge on any atom is -0.467 e. The van der Waals surface area contributed by atoms with Crippen molar-refractivity contribution >= 4 is 28.5 Å². The van der Waals surface area contributed by atoms with Gasteiger partial charge in [-0.3, -0.25) is 14.5 Å². The summed E-state index contributed by atoms with van der Waals surface area (Å²) in [5.41, 5.74) is 4.04. The van der Waals surface area contributed by atoms with Gasteiger partial charge in [0.15, 0.2) is 6.04 Å². The fourth-order valence-corrected chi connectivity index (χ4v) is 4.06. The molecule has 1 atom stereocenters. The van der Waals surface area contributed by atoms with E-state index in [0.717, 1.165) is 16.6 Å². The summed E-state index contributed by atoms with van der Waals surface area (Å²) in [6.07, 6.45) is 3.02. The largest absolute Gasteiger partial charge is 0.467 e. The van der Waals surface area contributed by atoms with E-state index in [1.807, 2.05) is 56.3 Å². The number of nitrogens with one attached hydrogen (secondary N) is 1. The minimum atomic E-state index is -1.06. The Morgan fingerprint density at radius 2 is 1.78 bits per heavy atom. The Morgan fingerprint density at radius 1 is 0.972 bits per heavy atom. The maximum Gasteiger partial charge on any atom is 0.251 e. The molecule has 1 N–H and O–H groups in total. The topological polar surface area (TPSA) is 106 Å². The molecule has 3 aromatic heterocycles. The molecule has 0 fully saturated rings. The highest BCUT2D eigenvalue weighted by atomic mass is 16.3. The Bertz CT molecular complexity index is 1490. The second-order valence-corrected chi connectivity index (χ2v) is 8.48. The number of hydrogen-bond acceptors (Lipinski definition) is 6. The molecule has 0 saturated carbocycles. The van der Waals surface area contributed by atoms with Crippen molar-refractivity contribution in [2.75, 3.05) is 4.90 Å². The zero-order chi connectivity index (χ0) is 25.1. The molecule has 5 rings (SSSR count). The first-order valence-electron chi connectivity index (χ1n) is 11.5. The monoisotopic (exact) mass is 483 g/mol. The van der Waals surface area contributed by atoms with Crippen LogP contribution in [0.5, 0.6) is 0 Å². The van der Waals surface area contributed by atoms with Crippen LogP contribution in [0.15, 0.2) is 88.1 Å². The van der Waals surface area contributed by atoms with Gasteiger partial charge in [0, 0.05) is 5.69 Å². The highest BCUT2D eigenvalue weighted by Crippen LogP contribution is 2.30. The van der Waals surface area contributed by atoms with E-state index in [9.17, 15) is 9.59 Å². The first kappa shape index (κ1) is 23.1. The molecule has 2 amide bonds. The number of carbonyl (C=O) groups is 2. The van der Waals surface area contributed by atoms with Gasteiger partial charge < -0.3 is 14.2 Å². The Labute approximate surface area is 207 Å². The van der Waals surface area contributed by atoms with Gasteiger partial charge in [0.1, 0.15) is 23.6 Å². The normalized spacial score (nSPS) is 11.9. The van der Waals surface area contributed by atoms with Gasteiger partial charge in [0.05, 0.1) is 24.6 Å². The van der Waals surface area contributed by atoms with E-state index in [0.29, 0.717) is 22.7 Å². The summed E-state index contributed by atoms with van der Waals surface area (Å²) < 4.78 is 12.5. The number of rotatable bonds is 8. The smallest absolute Gasteiger partial charge is 0.251 e. The van der Waals surface area contributed by atoms with Gasteiger partial charge in [-0.2, -0.15) is 0 Å². The predicted octanol–water partition coefficient (Wildman–Crippen LogP) is 4.33. The number of aryl methyl sites for hydroxylation is 2. The molecule has 0 aliphatic rings. The lowest BCUT2D eigenvalue weighted by molar-refractivity contribution is -0.127. The standard InChI is InChI=1S/C27H25N5O4/c1-18-11-12-20(15-19(18)2)32(25(33)17-31-23-9-4-3-8-22(23)29-30-31)26(24-10-6-14-36-24)27(34)28-16-21-7-5-13-35-21/h3-15,26H,16-17H2,1-2H3,(H,28,34)/t26-/m1/s1. The van der Waals surface area contributed by atoms with Crippen molar-refractivity contribution in [2.24, 2.45) is 0 Å². The first-order valence-corrected chi connectivity index (χ1v) is 11.5. The molecule has 36 heavy (non-hydrogen) atoms. The van der Waals surface area contributed by atoms with Crippen molar-refractivity contribution in [3.63, 3.8) is 0 Å². The molecule has 2 aromatic carbocycles. The van der Waals surface area contributed by atoms with E-state index < -0.39 is 11.9 Å². The number of benzene rings is 2. The molecule has 0 unspecified atom stereocenters. The summed E-state index contributed by atoms with van der Waals surface area (Å²) >= 11 is 0. The molecule has 3 heterocycles. The molecular formula is C27H25N5O4. The lowest BCUT2D eigenvalue weighted by Crippen LogP contribution is -2.45. The van der Waals surface area contributed by atoms with Crippen molar-refractivity contribution in [1.82, 2.24) is 20.3 Å². The van der Waals surface area contributed by atoms with Gasteiger partial charge in [0.25, 0.3) is 5.91 Å². The van der Waals surface area contributed by atoms with Gasteiger partial charge in [-0.15, -0.1) is 5.10 Å². The van der Waals surface area contributed by atoms with Crippen LogP contribution in [-0.2, 0) is 22.7 Å². The van der Waals surface area contributed by atoms with Crippen molar-refractivity contribution < 1.29 is 18.4 Å². The van der Waals surface area contributed by atoms with Crippen molar-refractivity contribution in [1.29, 1.82) is 0 Å². The molecule has 0 aliphatic carbocycles. The summed E-state index contributed by atoms with van der Waals surface area (Å²) in [7, 11) is 0. The summed E-state index contributed by atoms with van der Waals surface area (Å²) in [6, 6.07) is 18.9. The quantitative estimate of drug-likeness (QED) is 0.352. The second-order valence-electron chi connectivity index (χ2n) is 8.48. The number of fused-ring (bicyclic) bond motifs is 1. The number of furan rings is 2. The van der Waals surface area contributed by atoms with E-state index in [2.05, 4.69) is 15.6 Å². The van der Waals surface area contributed by atoms with E-state index in [1.165, 1.54) is 15.8 Å². The highest BCUT2D eigenvalue weighted by Gasteiger charge is 2.35. The average molecular weight is 484 g/mol. The molecule has 9 nitrogen and oxygen atoms in total. The van der Waals surface area contributed by atoms with Crippen LogP contribution in [0.4, 0.5) is 5.69 Å². The zero-order valence-corrected chi connectivity index (χ0v) is 19.9. The van der Waals surface area contributed by atoms with Gasteiger partial charge >= 0.3 is 0 Å². The Morgan fingerprint density at radius 3 is 2.53 bits per heavy atom. The summed E-state index contributed by atoms with van der Waals surface area (Å²) in [6.45, 7) is 4.01. The van der Waals surface area contributed by atoms with Crippen LogP contribution in [0.25, 0.3) is 11.0 Å². The van der Waals surface area contributed by atoms with Crippen molar-refractivity contribution in [3.8, 4) is 0 Å². The molecule has 0 spiro atoms. The summed E-state index contributed by atoms with van der Waals surface area (Å²) in [4.78, 5) is 29.0. The number of anilines is 1. The van der Waals surface area contributed by atoms with E-state index in [4.69, 9.17) is 8.83 Å². The van der Waals surface area contributed by atoms with Crippen LogP contribution < -0.4 is 10.2 Å². The van der Waals surface area contributed by atoms with Gasteiger partial charge in [-0.1, -0.05) is 23.4 Å². The van der Waals surface area contributed by atoms with Crippen LogP contribution in [-0.4, -0.2) is 26.8 Å².